The number of rotatable bonds is 1. The number of aromatic hydroxyl groups is 1. The SMILES string of the molecule is Oc1ccc(-c2ncnc3ccccc23)cc1. The summed E-state index contributed by atoms with van der Waals surface area (Å²) in [4.78, 5) is 8.54. The molecule has 3 rings (SSSR count). The van der Waals surface area contributed by atoms with E-state index in [2.05, 4.69) is 9.97 Å². The van der Waals surface area contributed by atoms with Gasteiger partial charge in [-0.3, -0.25) is 0 Å². The van der Waals surface area contributed by atoms with Gasteiger partial charge in [0.05, 0.1) is 11.2 Å². The largest absolute Gasteiger partial charge is 0.508 e. The number of benzene rings is 2. The van der Waals surface area contributed by atoms with E-state index in [0.717, 1.165) is 22.2 Å². The highest BCUT2D eigenvalue weighted by Crippen LogP contribution is 2.26. The highest BCUT2D eigenvalue weighted by molar-refractivity contribution is 5.91. The molecule has 1 N–H and O–H groups in total. The second kappa shape index (κ2) is 3.87. The molecule has 82 valence electrons. The summed E-state index contributed by atoms with van der Waals surface area (Å²) >= 11 is 0. The second-order valence-corrected chi connectivity index (χ2v) is 3.79. The third-order valence-electron chi connectivity index (χ3n) is 2.68. The average molecular weight is 222 g/mol. The number of phenols is 1. The van der Waals surface area contributed by atoms with Gasteiger partial charge in [0, 0.05) is 10.9 Å². The Bertz CT molecular complexity index is 657. The summed E-state index contributed by atoms with van der Waals surface area (Å²) in [5, 5.41) is 10.3. The molecule has 0 saturated heterocycles. The number of aromatic nitrogens is 2. The molecule has 0 aliphatic carbocycles. The van der Waals surface area contributed by atoms with Crippen LogP contribution in [0.3, 0.4) is 0 Å². The first-order valence-electron chi connectivity index (χ1n) is 5.34. The van der Waals surface area contributed by atoms with Crippen LogP contribution in [0, 0.1) is 0 Å². The van der Waals surface area contributed by atoms with Gasteiger partial charge >= 0.3 is 0 Å². The van der Waals surface area contributed by atoms with Gasteiger partial charge < -0.3 is 5.11 Å². The zero-order valence-corrected chi connectivity index (χ0v) is 9.04. The van der Waals surface area contributed by atoms with Gasteiger partial charge in [0.2, 0.25) is 0 Å². The van der Waals surface area contributed by atoms with Crippen LogP contribution < -0.4 is 0 Å². The molecule has 1 heterocycles. The van der Waals surface area contributed by atoms with Crippen molar-refractivity contribution < 1.29 is 5.11 Å². The first kappa shape index (κ1) is 9.78. The molecule has 0 saturated carbocycles. The lowest BCUT2D eigenvalue weighted by atomic mass is 10.1. The van der Waals surface area contributed by atoms with Crippen LogP contribution in [-0.4, -0.2) is 15.1 Å². The molecule has 0 atom stereocenters. The number of para-hydroxylation sites is 1. The summed E-state index contributed by atoms with van der Waals surface area (Å²) in [6.07, 6.45) is 1.56. The Morgan fingerprint density at radius 2 is 1.59 bits per heavy atom. The Morgan fingerprint density at radius 1 is 0.824 bits per heavy atom. The van der Waals surface area contributed by atoms with Crippen molar-refractivity contribution in [3.8, 4) is 17.0 Å². The maximum Gasteiger partial charge on any atom is 0.116 e. The molecule has 2 aromatic carbocycles. The quantitative estimate of drug-likeness (QED) is 0.688. The molecule has 1 aromatic heterocycles. The third kappa shape index (κ3) is 1.72. The van der Waals surface area contributed by atoms with Crippen LogP contribution in [-0.2, 0) is 0 Å². The molecular weight excluding hydrogens is 212 g/mol. The maximum absolute atomic E-state index is 9.28. The minimum absolute atomic E-state index is 0.257. The van der Waals surface area contributed by atoms with Gasteiger partial charge in [-0.1, -0.05) is 18.2 Å². The monoisotopic (exact) mass is 222 g/mol. The zero-order chi connectivity index (χ0) is 11.7. The van der Waals surface area contributed by atoms with Crippen molar-refractivity contribution in [3.05, 3.63) is 54.9 Å². The lowest BCUT2D eigenvalue weighted by Gasteiger charge is -2.04. The molecule has 0 spiro atoms. The molecule has 0 aliphatic rings. The maximum atomic E-state index is 9.28. The van der Waals surface area contributed by atoms with Gasteiger partial charge in [-0.15, -0.1) is 0 Å². The molecule has 0 fully saturated rings. The average Bonchev–Trinajstić information content (AvgIpc) is 2.39. The number of hydrogen-bond acceptors (Lipinski definition) is 3. The predicted molar refractivity (Wildman–Crippen MR) is 66.6 cm³/mol. The van der Waals surface area contributed by atoms with Gasteiger partial charge in [-0.05, 0) is 30.3 Å². The van der Waals surface area contributed by atoms with Crippen molar-refractivity contribution in [1.82, 2.24) is 9.97 Å². The van der Waals surface area contributed by atoms with Crippen molar-refractivity contribution in [3.63, 3.8) is 0 Å². The van der Waals surface area contributed by atoms with Crippen LogP contribution in [0.2, 0.25) is 0 Å². The normalized spacial score (nSPS) is 10.6. The smallest absolute Gasteiger partial charge is 0.116 e. The first-order valence-corrected chi connectivity index (χ1v) is 5.34. The fourth-order valence-electron chi connectivity index (χ4n) is 1.85. The fourth-order valence-corrected chi connectivity index (χ4v) is 1.85. The van der Waals surface area contributed by atoms with E-state index >= 15 is 0 Å². The number of nitrogens with zero attached hydrogens (tertiary/aromatic N) is 2. The molecule has 3 nitrogen and oxygen atoms in total. The predicted octanol–water partition coefficient (Wildman–Crippen LogP) is 3.00. The van der Waals surface area contributed by atoms with E-state index in [0.29, 0.717) is 0 Å². The Morgan fingerprint density at radius 3 is 2.41 bits per heavy atom. The van der Waals surface area contributed by atoms with E-state index in [1.807, 2.05) is 36.4 Å². The first-order chi connectivity index (χ1) is 8.34. The molecule has 0 bridgehead atoms. The van der Waals surface area contributed by atoms with Crippen LogP contribution >= 0.6 is 0 Å². The summed E-state index contributed by atoms with van der Waals surface area (Å²) < 4.78 is 0. The van der Waals surface area contributed by atoms with E-state index < -0.39 is 0 Å². The van der Waals surface area contributed by atoms with Gasteiger partial charge in [0.25, 0.3) is 0 Å². The summed E-state index contributed by atoms with van der Waals surface area (Å²) in [5.74, 6) is 0.257. The molecule has 0 amide bonds. The number of hydrogen-bond donors (Lipinski definition) is 1. The van der Waals surface area contributed by atoms with Crippen LogP contribution in [0.4, 0.5) is 0 Å². The Kier molecular flexibility index (Phi) is 2.22. The molecular formula is C14H10N2O. The van der Waals surface area contributed by atoms with E-state index in [4.69, 9.17) is 0 Å². The zero-order valence-electron chi connectivity index (χ0n) is 9.04. The van der Waals surface area contributed by atoms with Crippen molar-refractivity contribution in [2.45, 2.75) is 0 Å². The van der Waals surface area contributed by atoms with Crippen molar-refractivity contribution in [2.75, 3.05) is 0 Å². The van der Waals surface area contributed by atoms with Gasteiger partial charge in [0.1, 0.15) is 12.1 Å². The summed E-state index contributed by atoms with van der Waals surface area (Å²) in [6, 6.07) is 14.9. The van der Waals surface area contributed by atoms with Crippen LogP contribution in [0.15, 0.2) is 54.9 Å². The molecule has 0 aliphatic heterocycles. The Balaban J connectivity index is 2.27. The Hall–Kier alpha value is -2.42. The standard InChI is InChI=1S/C14H10N2O/c17-11-7-5-10(6-8-11)14-12-3-1-2-4-13(12)15-9-16-14/h1-9,17H. The number of phenolic OH excluding ortho intramolecular Hbond substituents is 1. The molecule has 3 heteroatoms. The van der Waals surface area contributed by atoms with Crippen LogP contribution in [0.1, 0.15) is 0 Å². The van der Waals surface area contributed by atoms with Crippen LogP contribution in [0.5, 0.6) is 5.75 Å². The lowest BCUT2D eigenvalue weighted by Crippen LogP contribution is -1.88. The van der Waals surface area contributed by atoms with E-state index in [-0.39, 0.29) is 5.75 Å². The fraction of sp³-hybridized carbons (Fsp3) is 0. The third-order valence-corrected chi connectivity index (χ3v) is 2.68. The summed E-state index contributed by atoms with van der Waals surface area (Å²) in [6.45, 7) is 0. The highest BCUT2D eigenvalue weighted by atomic mass is 16.3. The Labute approximate surface area is 98.4 Å². The van der Waals surface area contributed by atoms with E-state index in [1.165, 1.54) is 0 Å². The molecule has 0 radical (unpaired) electrons. The summed E-state index contributed by atoms with van der Waals surface area (Å²) in [7, 11) is 0. The minimum atomic E-state index is 0.257. The molecule has 0 unspecified atom stereocenters. The van der Waals surface area contributed by atoms with Crippen molar-refractivity contribution in [1.29, 1.82) is 0 Å². The van der Waals surface area contributed by atoms with Gasteiger partial charge in [-0.2, -0.15) is 0 Å². The molecule has 3 aromatic rings. The number of fused-ring (bicyclic) bond motifs is 1. The minimum Gasteiger partial charge on any atom is -0.508 e. The van der Waals surface area contributed by atoms with E-state index in [1.54, 1.807) is 18.5 Å². The second-order valence-electron chi connectivity index (χ2n) is 3.79. The topological polar surface area (TPSA) is 46.0 Å². The summed E-state index contributed by atoms with van der Waals surface area (Å²) in [5.41, 5.74) is 2.78. The van der Waals surface area contributed by atoms with Crippen molar-refractivity contribution >= 4 is 10.9 Å². The lowest BCUT2D eigenvalue weighted by molar-refractivity contribution is 0.475. The molecule has 17 heavy (non-hydrogen) atoms. The highest BCUT2D eigenvalue weighted by Gasteiger charge is 2.05. The van der Waals surface area contributed by atoms with Crippen molar-refractivity contribution in [2.24, 2.45) is 0 Å². The van der Waals surface area contributed by atoms with Gasteiger partial charge in [-0.25, -0.2) is 9.97 Å². The van der Waals surface area contributed by atoms with Gasteiger partial charge in [0.15, 0.2) is 0 Å². The van der Waals surface area contributed by atoms with E-state index in [9.17, 15) is 5.11 Å². The van der Waals surface area contributed by atoms with Crippen LogP contribution in [0.25, 0.3) is 22.2 Å².